The largest absolute Gasteiger partial charge is 0.295 e. The summed E-state index contributed by atoms with van der Waals surface area (Å²) in [5.74, 6) is -10.6. The second-order valence-corrected chi connectivity index (χ2v) is 4.67. The first-order valence-electron chi connectivity index (χ1n) is 6.54. The first-order chi connectivity index (χ1) is 9.81. The summed E-state index contributed by atoms with van der Waals surface area (Å²) in [5, 5.41) is 0. The summed E-state index contributed by atoms with van der Waals surface area (Å²) in [5.41, 5.74) is -1.04. The van der Waals surface area contributed by atoms with Crippen molar-refractivity contribution in [2.75, 3.05) is 0 Å². The normalized spacial score (nSPS) is 11.9. The molecule has 1 aromatic carbocycles. The Balaban J connectivity index is 3.30. The van der Waals surface area contributed by atoms with Gasteiger partial charge in [0.25, 0.3) is 0 Å². The van der Waals surface area contributed by atoms with Crippen LogP contribution in [0.3, 0.4) is 0 Å². The van der Waals surface area contributed by atoms with Gasteiger partial charge in [0.2, 0.25) is 5.82 Å². The van der Waals surface area contributed by atoms with Gasteiger partial charge in [0.1, 0.15) is 0 Å². The van der Waals surface area contributed by atoms with Gasteiger partial charge in [-0.1, -0.05) is 19.8 Å². The fourth-order valence-corrected chi connectivity index (χ4v) is 1.84. The number of hydrogen-bond acceptors (Lipinski definition) is 1. The van der Waals surface area contributed by atoms with Crippen molar-refractivity contribution in [3.8, 4) is 0 Å². The maximum absolute atomic E-state index is 13.5. The second-order valence-electron chi connectivity index (χ2n) is 4.67. The van der Waals surface area contributed by atoms with Gasteiger partial charge >= 0.3 is 0 Å². The van der Waals surface area contributed by atoms with Crippen LogP contribution in [0.4, 0.5) is 22.0 Å². The lowest BCUT2D eigenvalue weighted by molar-refractivity contribution is -0.113. The molecule has 0 N–H and O–H groups in total. The Morgan fingerprint density at radius 1 is 0.905 bits per heavy atom. The van der Waals surface area contributed by atoms with Crippen LogP contribution in [0.5, 0.6) is 0 Å². The van der Waals surface area contributed by atoms with Crippen molar-refractivity contribution in [1.29, 1.82) is 0 Å². The number of unbranched alkanes of at least 4 members (excludes halogenated alkanes) is 2. The third kappa shape index (κ3) is 3.89. The van der Waals surface area contributed by atoms with E-state index in [4.69, 9.17) is 0 Å². The maximum atomic E-state index is 13.5. The van der Waals surface area contributed by atoms with Gasteiger partial charge in [-0.05, 0) is 31.4 Å². The van der Waals surface area contributed by atoms with E-state index in [9.17, 15) is 26.7 Å². The molecule has 0 amide bonds. The zero-order chi connectivity index (χ0) is 16.2. The Morgan fingerprint density at radius 2 is 1.38 bits per heavy atom. The van der Waals surface area contributed by atoms with E-state index in [1.54, 1.807) is 0 Å². The molecule has 116 valence electrons. The summed E-state index contributed by atoms with van der Waals surface area (Å²) in [7, 11) is 0. The smallest absolute Gasteiger partial charge is 0.200 e. The van der Waals surface area contributed by atoms with Crippen molar-refractivity contribution in [3.63, 3.8) is 0 Å². The number of benzene rings is 1. The molecule has 1 aromatic rings. The summed E-state index contributed by atoms with van der Waals surface area (Å²) in [6.07, 6.45) is 3.23. The Hall–Kier alpha value is -1.72. The highest BCUT2D eigenvalue weighted by molar-refractivity contribution is 5.97. The first kappa shape index (κ1) is 17.3. The minimum Gasteiger partial charge on any atom is -0.295 e. The molecule has 0 atom stereocenters. The Kier molecular flexibility index (Phi) is 6.05. The fourth-order valence-electron chi connectivity index (χ4n) is 1.84. The molecule has 0 aliphatic heterocycles. The molecule has 1 nitrogen and oxygen atoms in total. The topological polar surface area (TPSA) is 17.1 Å². The van der Waals surface area contributed by atoms with Crippen molar-refractivity contribution in [2.24, 2.45) is 0 Å². The SMILES string of the molecule is CCCCC/C(=C\c1c(F)c(F)c(F)c(F)c1F)C(C)=O. The lowest BCUT2D eigenvalue weighted by Gasteiger charge is -2.07. The van der Waals surface area contributed by atoms with E-state index < -0.39 is 40.4 Å². The number of carbonyl (C=O) groups is 1. The summed E-state index contributed by atoms with van der Waals surface area (Å²) in [6, 6.07) is 0. The van der Waals surface area contributed by atoms with Gasteiger partial charge in [-0.25, -0.2) is 22.0 Å². The summed E-state index contributed by atoms with van der Waals surface area (Å²) < 4.78 is 66.2. The predicted octanol–water partition coefficient (Wildman–Crippen LogP) is 4.93. The highest BCUT2D eigenvalue weighted by atomic mass is 19.2. The molecule has 0 spiro atoms. The van der Waals surface area contributed by atoms with Crippen LogP contribution in [-0.4, -0.2) is 5.78 Å². The average Bonchev–Trinajstić information content (AvgIpc) is 2.45. The van der Waals surface area contributed by atoms with Crippen molar-refractivity contribution in [2.45, 2.75) is 39.5 Å². The standard InChI is InChI=1S/C15H15F5O/c1-3-4-5-6-9(8(2)21)7-10-11(16)13(18)15(20)14(19)12(10)17/h7H,3-6H2,1-2H3/b9-7+. The molecule has 0 bridgehead atoms. The van der Waals surface area contributed by atoms with E-state index in [0.29, 0.717) is 6.42 Å². The molecule has 6 heteroatoms. The van der Waals surface area contributed by atoms with E-state index >= 15 is 0 Å². The molecule has 0 saturated carbocycles. The molecule has 0 unspecified atom stereocenters. The van der Waals surface area contributed by atoms with Crippen LogP contribution in [0.15, 0.2) is 5.57 Å². The molecular formula is C15H15F5O. The molecule has 0 heterocycles. The van der Waals surface area contributed by atoms with Crippen molar-refractivity contribution in [1.82, 2.24) is 0 Å². The monoisotopic (exact) mass is 306 g/mol. The highest BCUT2D eigenvalue weighted by Crippen LogP contribution is 2.26. The van der Waals surface area contributed by atoms with Gasteiger partial charge in [-0.15, -0.1) is 0 Å². The van der Waals surface area contributed by atoms with Gasteiger partial charge in [-0.3, -0.25) is 4.79 Å². The lowest BCUT2D eigenvalue weighted by Crippen LogP contribution is -2.06. The van der Waals surface area contributed by atoms with Crippen molar-refractivity contribution >= 4 is 11.9 Å². The molecule has 0 radical (unpaired) electrons. The average molecular weight is 306 g/mol. The lowest BCUT2D eigenvalue weighted by atomic mass is 10.0. The van der Waals surface area contributed by atoms with E-state index in [1.165, 1.54) is 6.92 Å². The highest BCUT2D eigenvalue weighted by Gasteiger charge is 2.25. The van der Waals surface area contributed by atoms with E-state index in [2.05, 4.69) is 0 Å². The fraction of sp³-hybridized carbons (Fsp3) is 0.400. The van der Waals surface area contributed by atoms with Crippen LogP contribution >= 0.6 is 0 Å². The molecule has 0 aliphatic carbocycles. The third-order valence-electron chi connectivity index (χ3n) is 3.06. The minimum atomic E-state index is -2.21. The second kappa shape index (κ2) is 7.33. The third-order valence-corrected chi connectivity index (χ3v) is 3.06. The zero-order valence-corrected chi connectivity index (χ0v) is 11.7. The van der Waals surface area contributed by atoms with Gasteiger partial charge in [-0.2, -0.15) is 0 Å². The van der Waals surface area contributed by atoms with Gasteiger partial charge in [0.05, 0.1) is 5.56 Å². The molecule has 0 fully saturated rings. The van der Waals surface area contributed by atoms with Gasteiger partial charge < -0.3 is 0 Å². The molecule has 1 rings (SSSR count). The molecule has 21 heavy (non-hydrogen) atoms. The van der Waals surface area contributed by atoms with Gasteiger partial charge in [0, 0.05) is 0 Å². The first-order valence-corrected chi connectivity index (χ1v) is 6.54. The minimum absolute atomic E-state index is 0.0339. The van der Waals surface area contributed by atoms with Crippen LogP contribution in [0.1, 0.15) is 45.1 Å². The Bertz CT molecular complexity index is 549. The molecule has 0 aromatic heterocycles. The predicted molar refractivity (Wildman–Crippen MR) is 69.0 cm³/mol. The van der Waals surface area contributed by atoms with Crippen molar-refractivity contribution in [3.05, 3.63) is 40.2 Å². The molecular weight excluding hydrogens is 291 g/mol. The van der Waals surface area contributed by atoms with Crippen LogP contribution < -0.4 is 0 Å². The van der Waals surface area contributed by atoms with E-state index in [1.807, 2.05) is 6.92 Å². The molecule has 0 aliphatic rings. The number of Topliss-reactive ketones (excluding diaryl/α,β-unsaturated/α-hetero) is 1. The number of halogens is 5. The van der Waals surface area contributed by atoms with Crippen molar-refractivity contribution < 1.29 is 26.7 Å². The van der Waals surface area contributed by atoms with Crippen LogP contribution in [0.25, 0.3) is 6.08 Å². The van der Waals surface area contributed by atoms with Crippen LogP contribution in [0.2, 0.25) is 0 Å². The van der Waals surface area contributed by atoms with E-state index in [-0.39, 0.29) is 12.0 Å². The Morgan fingerprint density at radius 3 is 1.81 bits per heavy atom. The quantitative estimate of drug-likeness (QED) is 0.239. The number of allylic oxidation sites excluding steroid dienone is 1. The maximum Gasteiger partial charge on any atom is 0.200 e. The van der Waals surface area contributed by atoms with E-state index in [0.717, 1.165) is 18.9 Å². The summed E-state index contributed by atoms with van der Waals surface area (Å²) in [6.45, 7) is 3.12. The number of carbonyl (C=O) groups excluding carboxylic acids is 1. The van der Waals surface area contributed by atoms with Crippen LogP contribution in [0, 0.1) is 29.1 Å². The van der Waals surface area contributed by atoms with Crippen LogP contribution in [-0.2, 0) is 4.79 Å². The number of rotatable bonds is 6. The zero-order valence-electron chi connectivity index (χ0n) is 11.7. The van der Waals surface area contributed by atoms with Gasteiger partial charge in [0.15, 0.2) is 29.1 Å². The Labute approximate surface area is 119 Å². The summed E-state index contributed by atoms with van der Waals surface area (Å²) >= 11 is 0. The number of hydrogen-bond donors (Lipinski definition) is 0. The summed E-state index contributed by atoms with van der Waals surface area (Å²) in [4.78, 5) is 11.4. The molecule has 0 saturated heterocycles. The number of ketones is 1.